The van der Waals surface area contributed by atoms with E-state index >= 15 is 0 Å². The SMILES string of the molecule is CC1CCCN1CCC(O)c1cccc(Cl)c1. The molecule has 0 saturated carbocycles. The molecule has 0 aromatic heterocycles. The molecule has 2 rings (SSSR count). The number of hydrogen-bond donors (Lipinski definition) is 1. The maximum Gasteiger partial charge on any atom is 0.0802 e. The standard InChI is InChI=1S/C14H20ClNO/c1-11-4-3-8-16(11)9-7-14(17)12-5-2-6-13(15)10-12/h2,5-6,10-11,14,17H,3-4,7-9H2,1H3. The summed E-state index contributed by atoms with van der Waals surface area (Å²) in [6, 6.07) is 8.17. The lowest BCUT2D eigenvalue weighted by Crippen LogP contribution is -2.28. The fourth-order valence-electron chi connectivity index (χ4n) is 2.49. The van der Waals surface area contributed by atoms with E-state index in [1.807, 2.05) is 24.3 Å². The number of aliphatic hydroxyl groups is 1. The van der Waals surface area contributed by atoms with E-state index < -0.39 is 6.10 Å². The Morgan fingerprint density at radius 2 is 2.35 bits per heavy atom. The predicted octanol–water partition coefficient (Wildman–Crippen LogP) is 3.25. The number of aliphatic hydroxyl groups excluding tert-OH is 1. The van der Waals surface area contributed by atoms with Gasteiger partial charge in [0.2, 0.25) is 0 Å². The summed E-state index contributed by atoms with van der Waals surface area (Å²) in [7, 11) is 0. The summed E-state index contributed by atoms with van der Waals surface area (Å²) < 4.78 is 0. The Labute approximate surface area is 108 Å². The molecule has 2 nitrogen and oxygen atoms in total. The fourth-order valence-corrected chi connectivity index (χ4v) is 2.69. The summed E-state index contributed by atoms with van der Waals surface area (Å²) in [5.41, 5.74) is 0.921. The summed E-state index contributed by atoms with van der Waals surface area (Å²) in [5.74, 6) is 0. The van der Waals surface area contributed by atoms with Gasteiger partial charge in [-0.15, -0.1) is 0 Å². The van der Waals surface area contributed by atoms with E-state index in [1.165, 1.54) is 19.4 Å². The number of nitrogens with zero attached hydrogens (tertiary/aromatic N) is 1. The molecule has 94 valence electrons. The largest absolute Gasteiger partial charge is 0.388 e. The minimum Gasteiger partial charge on any atom is -0.388 e. The van der Waals surface area contributed by atoms with E-state index in [0.717, 1.165) is 18.5 Å². The highest BCUT2D eigenvalue weighted by Gasteiger charge is 2.20. The van der Waals surface area contributed by atoms with E-state index in [-0.39, 0.29) is 0 Å². The molecular formula is C14H20ClNO. The Bertz CT molecular complexity index is 369. The van der Waals surface area contributed by atoms with E-state index in [9.17, 15) is 5.11 Å². The van der Waals surface area contributed by atoms with Crippen molar-refractivity contribution in [3.05, 3.63) is 34.9 Å². The highest BCUT2D eigenvalue weighted by atomic mass is 35.5. The average molecular weight is 254 g/mol. The normalized spacial score (nSPS) is 22.9. The average Bonchev–Trinajstić information content (AvgIpc) is 2.72. The van der Waals surface area contributed by atoms with E-state index in [0.29, 0.717) is 11.1 Å². The summed E-state index contributed by atoms with van der Waals surface area (Å²) >= 11 is 5.92. The van der Waals surface area contributed by atoms with Gasteiger partial charge in [-0.05, 0) is 50.4 Å². The number of rotatable bonds is 4. The first-order chi connectivity index (χ1) is 8.16. The van der Waals surface area contributed by atoms with Crippen LogP contribution >= 0.6 is 11.6 Å². The van der Waals surface area contributed by atoms with E-state index in [1.54, 1.807) is 0 Å². The van der Waals surface area contributed by atoms with Crippen LogP contribution in [0.3, 0.4) is 0 Å². The lowest BCUT2D eigenvalue weighted by Gasteiger charge is -2.22. The molecule has 1 aromatic carbocycles. The topological polar surface area (TPSA) is 23.5 Å². The zero-order chi connectivity index (χ0) is 12.3. The number of halogens is 1. The third-order valence-corrected chi connectivity index (χ3v) is 3.85. The first-order valence-corrected chi connectivity index (χ1v) is 6.72. The van der Waals surface area contributed by atoms with Gasteiger partial charge in [-0.2, -0.15) is 0 Å². The lowest BCUT2D eigenvalue weighted by molar-refractivity contribution is 0.140. The molecule has 1 heterocycles. The number of hydrogen-bond acceptors (Lipinski definition) is 2. The van der Waals surface area contributed by atoms with Gasteiger partial charge in [-0.25, -0.2) is 0 Å². The van der Waals surface area contributed by atoms with Crippen molar-refractivity contribution in [1.82, 2.24) is 4.90 Å². The lowest BCUT2D eigenvalue weighted by atomic mass is 10.1. The molecule has 1 saturated heterocycles. The van der Waals surface area contributed by atoms with Crippen LogP contribution in [0.1, 0.15) is 37.9 Å². The Kier molecular flexibility index (Phi) is 4.43. The first-order valence-electron chi connectivity index (χ1n) is 6.34. The van der Waals surface area contributed by atoms with Gasteiger partial charge < -0.3 is 10.0 Å². The second kappa shape index (κ2) is 5.85. The molecule has 1 N–H and O–H groups in total. The van der Waals surface area contributed by atoms with Gasteiger partial charge in [0, 0.05) is 17.6 Å². The zero-order valence-corrected chi connectivity index (χ0v) is 11.0. The molecule has 3 heteroatoms. The molecule has 1 aromatic rings. The molecule has 0 aliphatic carbocycles. The van der Waals surface area contributed by atoms with Crippen molar-refractivity contribution < 1.29 is 5.11 Å². The third kappa shape index (κ3) is 3.44. The van der Waals surface area contributed by atoms with E-state index in [4.69, 9.17) is 11.6 Å². The molecule has 1 aliphatic heterocycles. The van der Waals surface area contributed by atoms with Gasteiger partial charge in [0.1, 0.15) is 0 Å². The Morgan fingerprint density at radius 3 is 3.00 bits per heavy atom. The molecule has 0 amide bonds. The first kappa shape index (κ1) is 12.9. The van der Waals surface area contributed by atoms with Gasteiger partial charge >= 0.3 is 0 Å². The highest BCUT2D eigenvalue weighted by Crippen LogP contribution is 2.23. The van der Waals surface area contributed by atoms with Crippen molar-refractivity contribution in [1.29, 1.82) is 0 Å². The molecule has 1 aliphatic rings. The molecule has 0 radical (unpaired) electrons. The van der Waals surface area contributed by atoms with Crippen LogP contribution in [0.2, 0.25) is 5.02 Å². The third-order valence-electron chi connectivity index (χ3n) is 3.61. The van der Waals surface area contributed by atoms with Crippen molar-refractivity contribution in [2.24, 2.45) is 0 Å². The monoisotopic (exact) mass is 253 g/mol. The summed E-state index contributed by atoms with van der Waals surface area (Å²) in [6.45, 7) is 4.40. The van der Waals surface area contributed by atoms with Crippen LogP contribution < -0.4 is 0 Å². The summed E-state index contributed by atoms with van der Waals surface area (Å²) in [6.07, 6.45) is 2.95. The quantitative estimate of drug-likeness (QED) is 0.891. The van der Waals surface area contributed by atoms with Crippen LogP contribution in [-0.4, -0.2) is 29.1 Å². The van der Waals surface area contributed by atoms with Gasteiger partial charge in [0.05, 0.1) is 6.10 Å². The molecule has 0 bridgehead atoms. The molecule has 2 unspecified atom stereocenters. The van der Waals surface area contributed by atoms with Crippen LogP contribution in [0.4, 0.5) is 0 Å². The molecule has 17 heavy (non-hydrogen) atoms. The number of benzene rings is 1. The van der Waals surface area contributed by atoms with Crippen LogP contribution in [0.5, 0.6) is 0 Å². The van der Waals surface area contributed by atoms with Crippen molar-refractivity contribution in [2.75, 3.05) is 13.1 Å². The Balaban J connectivity index is 1.86. The predicted molar refractivity (Wildman–Crippen MR) is 71.3 cm³/mol. The number of likely N-dealkylation sites (tertiary alicyclic amines) is 1. The molecule has 2 atom stereocenters. The minimum atomic E-state index is -0.401. The van der Waals surface area contributed by atoms with Crippen molar-refractivity contribution >= 4 is 11.6 Å². The molecular weight excluding hydrogens is 234 g/mol. The van der Waals surface area contributed by atoms with Gasteiger partial charge in [-0.1, -0.05) is 23.7 Å². The van der Waals surface area contributed by atoms with Crippen LogP contribution in [0.15, 0.2) is 24.3 Å². The van der Waals surface area contributed by atoms with Crippen molar-refractivity contribution in [3.8, 4) is 0 Å². The van der Waals surface area contributed by atoms with Crippen LogP contribution in [-0.2, 0) is 0 Å². The molecule has 0 spiro atoms. The van der Waals surface area contributed by atoms with Gasteiger partial charge in [0.25, 0.3) is 0 Å². The fraction of sp³-hybridized carbons (Fsp3) is 0.571. The smallest absolute Gasteiger partial charge is 0.0802 e. The maximum absolute atomic E-state index is 10.1. The zero-order valence-electron chi connectivity index (χ0n) is 10.3. The molecule has 1 fully saturated rings. The highest BCUT2D eigenvalue weighted by molar-refractivity contribution is 6.30. The Hall–Kier alpha value is -0.570. The van der Waals surface area contributed by atoms with Gasteiger partial charge in [0.15, 0.2) is 0 Å². The van der Waals surface area contributed by atoms with Crippen LogP contribution in [0, 0.1) is 0 Å². The second-order valence-corrected chi connectivity index (χ2v) is 5.32. The maximum atomic E-state index is 10.1. The second-order valence-electron chi connectivity index (χ2n) is 4.89. The van der Waals surface area contributed by atoms with E-state index in [2.05, 4.69) is 11.8 Å². The van der Waals surface area contributed by atoms with Crippen LogP contribution in [0.25, 0.3) is 0 Å². The Morgan fingerprint density at radius 1 is 1.53 bits per heavy atom. The summed E-state index contributed by atoms with van der Waals surface area (Å²) in [5, 5.41) is 10.8. The minimum absolute atomic E-state index is 0.401. The van der Waals surface area contributed by atoms with Crippen molar-refractivity contribution in [3.63, 3.8) is 0 Å². The summed E-state index contributed by atoms with van der Waals surface area (Å²) in [4.78, 5) is 2.45. The van der Waals surface area contributed by atoms with Crippen molar-refractivity contribution in [2.45, 2.75) is 38.3 Å². The van der Waals surface area contributed by atoms with Gasteiger partial charge in [-0.3, -0.25) is 0 Å².